The van der Waals surface area contributed by atoms with Gasteiger partial charge in [-0.3, -0.25) is 0 Å². The molecule has 0 saturated heterocycles. The SMILES string of the molecule is CCCCCCCCC(SC(CCCCCCCC)C1CCCCC1)C1CCCCC1. The maximum atomic E-state index is 2.54. The van der Waals surface area contributed by atoms with Crippen LogP contribution < -0.4 is 0 Å². The predicted molar refractivity (Wildman–Crippen MR) is 144 cm³/mol. The van der Waals surface area contributed by atoms with Crippen LogP contribution in [-0.4, -0.2) is 10.5 Å². The third-order valence-electron chi connectivity index (χ3n) is 8.39. The molecule has 0 radical (unpaired) electrons. The third kappa shape index (κ3) is 12.4. The number of rotatable bonds is 18. The van der Waals surface area contributed by atoms with E-state index < -0.39 is 0 Å². The topological polar surface area (TPSA) is 0 Å². The second-order valence-electron chi connectivity index (χ2n) is 11.1. The normalized spacial score (nSPS) is 20.7. The van der Waals surface area contributed by atoms with Crippen molar-refractivity contribution in [3.8, 4) is 0 Å². The molecule has 2 aliphatic rings. The molecule has 0 spiro atoms. The van der Waals surface area contributed by atoms with Crippen molar-refractivity contribution in [2.45, 2.75) is 178 Å². The van der Waals surface area contributed by atoms with Gasteiger partial charge in [-0.05, 0) is 50.4 Å². The monoisotopic (exact) mass is 450 g/mol. The summed E-state index contributed by atoms with van der Waals surface area (Å²) in [6.07, 6.45) is 35.9. The molecule has 184 valence electrons. The van der Waals surface area contributed by atoms with E-state index in [4.69, 9.17) is 0 Å². The van der Waals surface area contributed by atoms with Gasteiger partial charge in [0.2, 0.25) is 0 Å². The Morgan fingerprint density at radius 2 is 0.839 bits per heavy atom. The lowest BCUT2D eigenvalue weighted by Crippen LogP contribution is -2.28. The first-order chi connectivity index (χ1) is 15.3. The van der Waals surface area contributed by atoms with Gasteiger partial charge in [-0.1, -0.05) is 129 Å². The van der Waals surface area contributed by atoms with Gasteiger partial charge in [0.1, 0.15) is 0 Å². The van der Waals surface area contributed by atoms with Crippen LogP contribution in [0.2, 0.25) is 0 Å². The smallest absolute Gasteiger partial charge is 0.00782 e. The first-order valence-corrected chi connectivity index (χ1v) is 15.9. The molecule has 0 nitrogen and oxygen atoms in total. The molecule has 2 unspecified atom stereocenters. The second-order valence-corrected chi connectivity index (χ2v) is 12.6. The van der Waals surface area contributed by atoms with E-state index in [1.807, 2.05) is 0 Å². The Bertz CT molecular complexity index is 344. The van der Waals surface area contributed by atoms with Gasteiger partial charge in [-0.2, -0.15) is 11.8 Å². The summed E-state index contributed by atoms with van der Waals surface area (Å²) in [5, 5.41) is 1.97. The molecule has 0 aliphatic heterocycles. The molecule has 2 saturated carbocycles. The van der Waals surface area contributed by atoms with Crippen molar-refractivity contribution in [1.82, 2.24) is 0 Å². The van der Waals surface area contributed by atoms with Crippen molar-refractivity contribution in [1.29, 1.82) is 0 Å². The lowest BCUT2D eigenvalue weighted by molar-refractivity contribution is 0.322. The van der Waals surface area contributed by atoms with Gasteiger partial charge >= 0.3 is 0 Å². The number of thioether (sulfide) groups is 1. The fraction of sp³-hybridized carbons (Fsp3) is 1.00. The van der Waals surface area contributed by atoms with Crippen LogP contribution in [-0.2, 0) is 0 Å². The molecule has 0 heterocycles. The average Bonchev–Trinajstić information content (AvgIpc) is 2.82. The molecule has 0 amide bonds. The summed E-state index contributed by atoms with van der Waals surface area (Å²) >= 11 is 2.54. The maximum absolute atomic E-state index is 2.54. The van der Waals surface area contributed by atoms with Crippen molar-refractivity contribution < 1.29 is 0 Å². The van der Waals surface area contributed by atoms with Crippen LogP contribution in [0.25, 0.3) is 0 Å². The van der Waals surface area contributed by atoms with Gasteiger partial charge < -0.3 is 0 Å². The summed E-state index contributed by atoms with van der Waals surface area (Å²) in [5.41, 5.74) is 0. The maximum Gasteiger partial charge on any atom is 0.00782 e. The first-order valence-electron chi connectivity index (χ1n) is 15.0. The van der Waals surface area contributed by atoms with Gasteiger partial charge in [-0.15, -0.1) is 0 Å². The standard InChI is InChI=1S/C30H58S/c1-3-5-7-9-11-19-25-29(27-21-15-13-16-22-27)31-30(28-23-17-14-18-24-28)26-20-12-10-8-6-4-2/h27-30H,3-26H2,1-2H3. The fourth-order valence-corrected chi connectivity index (χ4v) is 8.36. The van der Waals surface area contributed by atoms with E-state index in [9.17, 15) is 0 Å². The van der Waals surface area contributed by atoms with E-state index >= 15 is 0 Å². The van der Waals surface area contributed by atoms with Crippen LogP contribution in [0.3, 0.4) is 0 Å². The Labute approximate surface area is 201 Å². The van der Waals surface area contributed by atoms with Gasteiger partial charge in [0, 0.05) is 10.5 Å². The average molecular weight is 451 g/mol. The third-order valence-corrected chi connectivity index (χ3v) is 10.3. The van der Waals surface area contributed by atoms with Crippen molar-refractivity contribution in [2.24, 2.45) is 11.8 Å². The van der Waals surface area contributed by atoms with Crippen molar-refractivity contribution in [2.75, 3.05) is 0 Å². The summed E-state index contributed by atoms with van der Waals surface area (Å²) < 4.78 is 0. The molecule has 1 heteroatoms. The summed E-state index contributed by atoms with van der Waals surface area (Å²) in [5.74, 6) is 2.09. The van der Waals surface area contributed by atoms with E-state index in [0.717, 1.165) is 22.3 Å². The zero-order valence-corrected chi connectivity index (χ0v) is 22.5. The van der Waals surface area contributed by atoms with Gasteiger partial charge in [0.15, 0.2) is 0 Å². The highest BCUT2D eigenvalue weighted by atomic mass is 32.2. The Morgan fingerprint density at radius 3 is 1.23 bits per heavy atom. The first kappa shape index (κ1) is 27.6. The summed E-state index contributed by atoms with van der Waals surface area (Å²) in [7, 11) is 0. The largest absolute Gasteiger partial charge is 0.155 e. The molecule has 0 aromatic heterocycles. The molecule has 31 heavy (non-hydrogen) atoms. The van der Waals surface area contributed by atoms with Crippen LogP contribution in [0, 0.1) is 11.8 Å². The Balaban J connectivity index is 1.86. The van der Waals surface area contributed by atoms with E-state index in [2.05, 4.69) is 25.6 Å². The van der Waals surface area contributed by atoms with Crippen LogP contribution in [0.4, 0.5) is 0 Å². The van der Waals surface area contributed by atoms with Crippen LogP contribution in [0.5, 0.6) is 0 Å². The van der Waals surface area contributed by atoms with Crippen LogP contribution in [0.15, 0.2) is 0 Å². The summed E-state index contributed by atoms with van der Waals surface area (Å²) in [4.78, 5) is 0. The molecular formula is C30H58S. The Kier molecular flexibility index (Phi) is 16.7. The zero-order chi connectivity index (χ0) is 22.0. The van der Waals surface area contributed by atoms with Gasteiger partial charge in [0.05, 0.1) is 0 Å². The van der Waals surface area contributed by atoms with Crippen LogP contribution in [0.1, 0.15) is 168 Å². The minimum atomic E-state index is 0.985. The molecule has 2 fully saturated rings. The molecule has 2 aliphatic carbocycles. The summed E-state index contributed by atoms with van der Waals surface area (Å²) in [6, 6.07) is 0. The fourth-order valence-electron chi connectivity index (χ4n) is 6.32. The molecular weight excluding hydrogens is 392 g/mol. The molecule has 0 aromatic carbocycles. The van der Waals surface area contributed by atoms with Crippen LogP contribution >= 0.6 is 11.8 Å². The molecule has 0 bridgehead atoms. The second kappa shape index (κ2) is 18.7. The van der Waals surface area contributed by atoms with E-state index in [-0.39, 0.29) is 0 Å². The number of hydrogen-bond acceptors (Lipinski definition) is 1. The molecule has 0 aromatic rings. The number of unbranched alkanes of at least 4 members (excludes halogenated alkanes) is 10. The van der Waals surface area contributed by atoms with Gasteiger partial charge in [-0.25, -0.2) is 0 Å². The predicted octanol–water partition coefficient (Wildman–Crippen LogP) is 11.1. The van der Waals surface area contributed by atoms with Crippen molar-refractivity contribution >= 4 is 11.8 Å². The zero-order valence-electron chi connectivity index (χ0n) is 21.7. The molecule has 0 N–H and O–H groups in total. The summed E-state index contributed by atoms with van der Waals surface area (Å²) in [6.45, 7) is 4.68. The minimum absolute atomic E-state index is 0.985. The van der Waals surface area contributed by atoms with Crippen molar-refractivity contribution in [3.05, 3.63) is 0 Å². The van der Waals surface area contributed by atoms with E-state index in [0.29, 0.717) is 0 Å². The minimum Gasteiger partial charge on any atom is -0.155 e. The van der Waals surface area contributed by atoms with E-state index in [1.165, 1.54) is 128 Å². The Hall–Kier alpha value is 0.350. The highest BCUT2D eigenvalue weighted by Gasteiger charge is 2.30. The van der Waals surface area contributed by atoms with Crippen molar-refractivity contribution in [3.63, 3.8) is 0 Å². The van der Waals surface area contributed by atoms with Gasteiger partial charge in [0.25, 0.3) is 0 Å². The Morgan fingerprint density at radius 1 is 0.484 bits per heavy atom. The molecule has 2 atom stereocenters. The lowest BCUT2D eigenvalue weighted by Gasteiger charge is -2.37. The van der Waals surface area contributed by atoms with E-state index in [1.54, 1.807) is 25.7 Å². The highest BCUT2D eigenvalue weighted by molar-refractivity contribution is 8.00. The quantitative estimate of drug-likeness (QED) is 0.187. The highest BCUT2D eigenvalue weighted by Crippen LogP contribution is 2.43. The lowest BCUT2D eigenvalue weighted by atomic mass is 9.84. The number of hydrogen-bond donors (Lipinski definition) is 0. The molecule has 2 rings (SSSR count).